The number of thioether (sulfide) groups is 1. The first-order valence-corrected chi connectivity index (χ1v) is 6.43. The van der Waals surface area contributed by atoms with E-state index in [0.717, 1.165) is 25.0 Å². The van der Waals surface area contributed by atoms with Crippen LogP contribution in [0.15, 0.2) is 0 Å². The largest absolute Gasteiger partial charge is 0.388 e. The third-order valence-corrected chi connectivity index (χ3v) is 3.05. The number of nitrogens with one attached hydrogen (secondary N) is 1. The number of amides is 1. The molecule has 1 fully saturated rings. The van der Waals surface area contributed by atoms with Crippen molar-refractivity contribution in [3.8, 4) is 0 Å². The highest BCUT2D eigenvalue weighted by Crippen LogP contribution is 2.28. The van der Waals surface area contributed by atoms with Crippen LogP contribution in [0.5, 0.6) is 0 Å². The lowest BCUT2D eigenvalue weighted by Gasteiger charge is -2.23. The molecule has 4 heteroatoms. The number of hydrogen-bond donors (Lipinski definition) is 2. The average Bonchev–Trinajstić information content (AvgIpc) is 2.94. The molecule has 0 heterocycles. The van der Waals surface area contributed by atoms with E-state index < -0.39 is 5.60 Å². The summed E-state index contributed by atoms with van der Waals surface area (Å²) in [4.78, 5) is 11.3. The standard InChI is InChI=1S/C10H19NO2S/c1-10(13,5-6-14-2)7-11-9(12)8-3-4-8/h8,13H,3-7H2,1-2H3,(H,11,12). The van der Waals surface area contributed by atoms with Crippen LogP contribution in [0.4, 0.5) is 0 Å². The Kier molecular flexibility index (Phi) is 4.26. The molecule has 0 bridgehead atoms. The Hall–Kier alpha value is -0.220. The second-order valence-corrected chi connectivity index (χ2v) is 5.22. The summed E-state index contributed by atoms with van der Waals surface area (Å²) in [5, 5.41) is 12.7. The van der Waals surface area contributed by atoms with Crippen LogP contribution >= 0.6 is 11.8 Å². The van der Waals surface area contributed by atoms with Crippen LogP contribution in [0.1, 0.15) is 26.2 Å². The molecule has 1 unspecified atom stereocenters. The molecule has 1 atom stereocenters. The van der Waals surface area contributed by atoms with Crippen LogP contribution in [-0.2, 0) is 4.79 Å². The van der Waals surface area contributed by atoms with Gasteiger partial charge in [0.05, 0.1) is 5.60 Å². The zero-order valence-corrected chi connectivity index (χ0v) is 9.69. The third kappa shape index (κ3) is 4.33. The van der Waals surface area contributed by atoms with E-state index in [1.165, 1.54) is 0 Å². The first-order valence-electron chi connectivity index (χ1n) is 5.04. The molecule has 0 saturated heterocycles. The molecule has 0 aromatic carbocycles. The van der Waals surface area contributed by atoms with E-state index in [0.29, 0.717) is 6.54 Å². The highest BCUT2D eigenvalue weighted by atomic mass is 32.2. The fourth-order valence-corrected chi connectivity index (χ4v) is 1.82. The van der Waals surface area contributed by atoms with Gasteiger partial charge in [-0.15, -0.1) is 0 Å². The van der Waals surface area contributed by atoms with E-state index in [-0.39, 0.29) is 11.8 Å². The van der Waals surface area contributed by atoms with Crippen molar-refractivity contribution in [3.05, 3.63) is 0 Å². The zero-order valence-electron chi connectivity index (χ0n) is 8.88. The van der Waals surface area contributed by atoms with Gasteiger partial charge >= 0.3 is 0 Å². The van der Waals surface area contributed by atoms with Crippen molar-refractivity contribution in [2.45, 2.75) is 31.8 Å². The molecule has 3 nitrogen and oxygen atoms in total. The Bertz CT molecular complexity index is 202. The second-order valence-electron chi connectivity index (χ2n) is 4.23. The molecule has 1 aliphatic carbocycles. The van der Waals surface area contributed by atoms with Gasteiger partial charge in [0.15, 0.2) is 0 Å². The van der Waals surface area contributed by atoms with Crippen molar-refractivity contribution in [1.29, 1.82) is 0 Å². The maximum Gasteiger partial charge on any atom is 0.223 e. The van der Waals surface area contributed by atoms with E-state index in [1.54, 1.807) is 18.7 Å². The van der Waals surface area contributed by atoms with Crippen LogP contribution in [-0.4, -0.2) is 35.2 Å². The SMILES string of the molecule is CSCCC(C)(O)CNC(=O)C1CC1. The molecular weight excluding hydrogens is 198 g/mol. The molecule has 0 spiro atoms. The summed E-state index contributed by atoms with van der Waals surface area (Å²) < 4.78 is 0. The van der Waals surface area contributed by atoms with Gasteiger partial charge in [-0.3, -0.25) is 4.79 Å². The summed E-state index contributed by atoms with van der Waals surface area (Å²) >= 11 is 1.71. The Labute approximate surface area is 89.6 Å². The lowest BCUT2D eigenvalue weighted by atomic mass is 10.0. The van der Waals surface area contributed by atoms with Gasteiger partial charge in [0.1, 0.15) is 0 Å². The lowest BCUT2D eigenvalue weighted by Crippen LogP contribution is -2.41. The van der Waals surface area contributed by atoms with Crippen LogP contribution in [0.25, 0.3) is 0 Å². The predicted octanol–water partition coefficient (Wildman–Crippen LogP) is 1.02. The smallest absolute Gasteiger partial charge is 0.223 e. The zero-order chi connectivity index (χ0) is 10.6. The molecule has 1 aliphatic rings. The minimum absolute atomic E-state index is 0.106. The molecule has 1 rings (SSSR count). The van der Waals surface area contributed by atoms with E-state index in [9.17, 15) is 9.90 Å². The summed E-state index contributed by atoms with van der Waals surface area (Å²) in [6.07, 6.45) is 4.76. The molecule has 1 amide bonds. The number of rotatable bonds is 6. The van der Waals surface area contributed by atoms with Gasteiger partial charge in [-0.25, -0.2) is 0 Å². The minimum atomic E-state index is -0.756. The number of hydrogen-bond acceptors (Lipinski definition) is 3. The van der Waals surface area contributed by atoms with Crippen molar-refractivity contribution in [3.63, 3.8) is 0 Å². The average molecular weight is 217 g/mol. The lowest BCUT2D eigenvalue weighted by molar-refractivity contribution is -0.123. The normalized spacial score (nSPS) is 20.2. The molecule has 14 heavy (non-hydrogen) atoms. The van der Waals surface area contributed by atoms with Gasteiger partial charge in [-0.1, -0.05) is 0 Å². The summed E-state index contributed by atoms with van der Waals surface area (Å²) in [6.45, 7) is 2.15. The topological polar surface area (TPSA) is 49.3 Å². The van der Waals surface area contributed by atoms with Gasteiger partial charge in [0.2, 0.25) is 5.91 Å². The van der Waals surface area contributed by atoms with Gasteiger partial charge < -0.3 is 10.4 Å². The summed E-state index contributed by atoms with van der Waals surface area (Å²) in [7, 11) is 0. The summed E-state index contributed by atoms with van der Waals surface area (Å²) in [5.74, 6) is 1.26. The minimum Gasteiger partial charge on any atom is -0.388 e. The quantitative estimate of drug-likeness (QED) is 0.698. The van der Waals surface area contributed by atoms with Gasteiger partial charge in [-0.05, 0) is 38.2 Å². The molecule has 0 aromatic rings. The second kappa shape index (κ2) is 5.03. The number of carbonyl (C=O) groups is 1. The molecular formula is C10H19NO2S. The fourth-order valence-electron chi connectivity index (χ4n) is 1.18. The van der Waals surface area contributed by atoms with Crippen LogP contribution in [0.2, 0.25) is 0 Å². The molecule has 82 valence electrons. The van der Waals surface area contributed by atoms with Crippen molar-refractivity contribution in [2.75, 3.05) is 18.6 Å². The number of aliphatic hydroxyl groups is 1. The Morgan fingerprint density at radius 1 is 1.64 bits per heavy atom. The van der Waals surface area contributed by atoms with E-state index in [4.69, 9.17) is 0 Å². The fraction of sp³-hybridized carbons (Fsp3) is 0.900. The van der Waals surface area contributed by atoms with Gasteiger partial charge in [-0.2, -0.15) is 11.8 Å². The highest BCUT2D eigenvalue weighted by molar-refractivity contribution is 7.98. The van der Waals surface area contributed by atoms with Crippen LogP contribution in [0.3, 0.4) is 0 Å². The summed E-state index contributed by atoms with van der Waals surface area (Å²) in [6, 6.07) is 0. The Morgan fingerprint density at radius 3 is 2.79 bits per heavy atom. The Morgan fingerprint density at radius 2 is 2.29 bits per heavy atom. The van der Waals surface area contributed by atoms with Gasteiger partial charge in [0, 0.05) is 12.5 Å². The maximum absolute atomic E-state index is 11.3. The van der Waals surface area contributed by atoms with Crippen molar-refractivity contribution in [1.82, 2.24) is 5.32 Å². The molecule has 0 aromatic heterocycles. The summed E-state index contributed by atoms with van der Waals surface area (Å²) in [5.41, 5.74) is -0.756. The van der Waals surface area contributed by atoms with E-state index >= 15 is 0 Å². The maximum atomic E-state index is 11.3. The van der Waals surface area contributed by atoms with Crippen molar-refractivity contribution in [2.24, 2.45) is 5.92 Å². The predicted molar refractivity (Wildman–Crippen MR) is 59.4 cm³/mol. The van der Waals surface area contributed by atoms with Crippen molar-refractivity contribution < 1.29 is 9.90 Å². The first-order chi connectivity index (χ1) is 6.55. The molecule has 2 N–H and O–H groups in total. The Balaban J connectivity index is 2.16. The van der Waals surface area contributed by atoms with E-state index in [1.807, 2.05) is 6.26 Å². The molecule has 0 aliphatic heterocycles. The van der Waals surface area contributed by atoms with Crippen LogP contribution < -0.4 is 5.32 Å². The monoisotopic (exact) mass is 217 g/mol. The molecule has 1 saturated carbocycles. The molecule has 0 radical (unpaired) electrons. The number of carbonyl (C=O) groups excluding carboxylic acids is 1. The highest BCUT2D eigenvalue weighted by Gasteiger charge is 2.31. The first kappa shape index (κ1) is 11.9. The van der Waals surface area contributed by atoms with Gasteiger partial charge in [0.25, 0.3) is 0 Å². The van der Waals surface area contributed by atoms with Crippen molar-refractivity contribution >= 4 is 17.7 Å². The third-order valence-electron chi connectivity index (χ3n) is 2.44. The van der Waals surface area contributed by atoms with Crippen LogP contribution in [0, 0.1) is 5.92 Å². The van der Waals surface area contributed by atoms with E-state index in [2.05, 4.69) is 5.32 Å².